The average Bonchev–Trinajstić information content (AvgIpc) is 3.22. The number of aromatic nitrogens is 3. The van der Waals surface area contributed by atoms with Crippen molar-refractivity contribution in [2.24, 2.45) is 0 Å². The second kappa shape index (κ2) is 5.99. The molecule has 3 aromatic heterocycles. The summed E-state index contributed by atoms with van der Waals surface area (Å²) in [6, 6.07) is 7.70. The van der Waals surface area contributed by atoms with Gasteiger partial charge in [0.05, 0.1) is 22.8 Å². The van der Waals surface area contributed by atoms with Crippen LogP contribution in [0.4, 0.5) is 0 Å². The van der Waals surface area contributed by atoms with E-state index in [0.29, 0.717) is 24.4 Å². The highest BCUT2D eigenvalue weighted by Crippen LogP contribution is 2.25. The number of hydrogen-bond acceptors (Lipinski definition) is 5. The Morgan fingerprint density at radius 1 is 1.29 bits per heavy atom. The summed E-state index contributed by atoms with van der Waals surface area (Å²) in [6.07, 6.45) is 1.82. The zero-order valence-corrected chi connectivity index (χ0v) is 14.4. The number of carbonyl (C=O) groups excluding carboxylic acids is 1. The Morgan fingerprint density at radius 2 is 2.08 bits per heavy atom. The minimum atomic E-state index is -0.0698. The fourth-order valence-corrected chi connectivity index (χ4v) is 3.85. The highest BCUT2D eigenvalue weighted by molar-refractivity contribution is 7.13. The fourth-order valence-electron chi connectivity index (χ4n) is 3.12. The van der Waals surface area contributed by atoms with Crippen LogP contribution in [-0.4, -0.2) is 50.7 Å². The Labute approximate surface area is 143 Å². The van der Waals surface area contributed by atoms with Crippen molar-refractivity contribution in [3.8, 4) is 10.6 Å². The van der Waals surface area contributed by atoms with Gasteiger partial charge in [0, 0.05) is 25.4 Å². The lowest BCUT2D eigenvalue weighted by Crippen LogP contribution is -2.48. The van der Waals surface area contributed by atoms with Crippen LogP contribution in [0.5, 0.6) is 0 Å². The number of ether oxygens (including phenoxy) is 1. The number of rotatable bonds is 2. The lowest BCUT2D eigenvalue weighted by molar-refractivity contribution is -0.0587. The molecule has 3 aromatic rings. The Kier molecular flexibility index (Phi) is 3.82. The van der Waals surface area contributed by atoms with E-state index in [1.54, 1.807) is 28.1 Å². The van der Waals surface area contributed by atoms with Gasteiger partial charge in [-0.2, -0.15) is 5.10 Å². The summed E-state index contributed by atoms with van der Waals surface area (Å²) >= 11 is 1.64. The van der Waals surface area contributed by atoms with Crippen LogP contribution in [0, 0.1) is 0 Å². The van der Waals surface area contributed by atoms with Crippen LogP contribution in [0.15, 0.2) is 35.8 Å². The number of morpholine rings is 1. The highest BCUT2D eigenvalue weighted by atomic mass is 32.1. The first kappa shape index (κ1) is 15.3. The smallest absolute Gasteiger partial charge is 0.274 e. The van der Waals surface area contributed by atoms with Gasteiger partial charge in [0.1, 0.15) is 0 Å². The van der Waals surface area contributed by atoms with Gasteiger partial charge in [0.2, 0.25) is 0 Å². The zero-order valence-electron chi connectivity index (χ0n) is 13.5. The van der Waals surface area contributed by atoms with Gasteiger partial charge in [-0.05, 0) is 31.4 Å². The maximum absolute atomic E-state index is 12.8. The second-order valence-corrected chi connectivity index (χ2v) is 7.02. The summed E-state index contributed by atoms with van der Waals surface area (Å²) < 4.78 is 7.44. The van der Waals surface area contributed by atoms with Crippen molar-refractivity contribution in [1.82, 2.24) is 19.5 Å². The molecule has 1 aliphatic heterocycles. The Balaban J connectivity index is 1.70. The summed E-state index contributed by atoms with van der Waals surface area (Å²) in [6.45, 7) is 5.14. The predicted octanol–water partition coefficient (Wildman–Crippen LogP) is 2.71. The second-order valence-electron chi connectivity index (χ2n) is 6.07. The first-order chi connectivity index (χ1) is 11.6. The van der Waals surface area contributed by atoms with E-state index < -0.39 is 0 Å². The van der Waals surface area contributed by atoms with Crippen molar-refractivity contribution in [2.75, 3.05) is 13.1 Å². The van der Waals surface area contributed by atoms with Crippen LogP contribution >= 0.6 is 11.3 Å². The molecular formula is C17H18N4O2S. The molecule has 7 heteroatoms. The topological polar surface area (TPSA) is 59.7 Å². The molecule has 0 N–H and O–H groups in total. The third-order valence-electron chi connectivity index (χ3n) is 4.06. The molecule has 4 heterocycles. The minimum Gasteiger partial charge on any atom is -0.372 e. The number of nitrogens with zero attached hydrogens (tertiary/aromatic N) is 4. The summed E-state index contributed by atoms with van der Waals surface area (Å²) in [5.41, 5.74) is 2.05. The lowest BCUT2D eigenvalue weighted by Gasteiger charge is -2.34. The molecule has 0 saturated carbocycles. The van der Waals surface area contributed by atoms with E-state index in [0.717, 1.165) is 10.6 Å². The quantitative estimate of drug-likeness (QED) is 0.718. The van der Waals surface area contributed by atoms with Gasteiger partial charge in [-0.25, -0.2) is 9.50 Å². The number of amides is 1. The maximum Gasteiger partial charge on any atom is 0.274 e. The molecular weight excluding hydrogens is 324 g/mol. The van der Waals surface area contributed by atoms with Crippen LogP contribution in [0.1, 0.15) is 24.3 Å². The molecule has 0 aliphatic carbocycles. The van der Waals surface area contributed by atoms with Crippen molar-refractivity contribution in [3.05, 3.63) is 41.5 Å². The largest absolute Gasteiger partial charge is 0.372 e. The van der Waals surface area contributed by atoms with Gasteiger partial charge in [-0.1, -0.05) is 6.07 Å². The fraction of sp³-hybridized carbons (Fsp3) is 0.353. The number of hydrogen-bond donors (Lipinski definition) is 0. The molecule has 1 aliphatic rings. The van der Waals surface area contributed by atoms with Gasteiger partial charge in [-0.3, -0.25) is 4.79 Å². The first-order valence-corrected chi connectivity index (χ1v) is 8.83. The molecule has 0 bridgehead atoms. The molecule has 1 amide bonds. The molecule has 124 valence electrons. The van der Waals surface area contributed by atoms with Crippen molar-refractivity contribution < 1.29 is 9.53 Å². The summed E-state index contributed by atoms with van der Waals surface area (Å²) in [7, 11) is 0. The van der Waals surface area contributed by atoms with E-state index in [-0.39, 0.29) is 18.1 Å². The van der Waals surface area contributed by atoms with Crippen LogP contribution in [-0.2, 0) is 4.74 Å². The Bertz CT molecular complexity index is 864. The third kappa shape index (κ3) is 2.70. The van der Waals surface area contributed by atoms with E-state index in [2.05, 4.69) is 10.1 Å². The Morgan fingerprint density at radius 3 is 2.79 bits per heavy atom. The number of thiophene rings is 1. The molecule has 0 radical (unpaired) electrons. The van der Waals surface area contributed by atoms with E-state index in [1.165, 1.54) is 0 Å². The van der Waals surface area contributed by atoms with Crippen molar-refractivity contribution in [2.45, 2.75) is 26.1 Å². The summed E-state index contributed by atoms with van der Waals surface area (Å²) in [5.74, 6) is -0.0698. The van der Waals surface area contributed by atoms with Gasteiger partial charge < -0.3 is 9.64 Å². The van der Waals surface area contributed by atoms with Gasteiger partial charge >= 0.3 is 0 Å². The van der Waals surface area contributed by atoms with Crippen LogP contribution in [0.3, 0.4) is 0 Å². The molecule has 4 rings (SSSR count). The molecule has 6 nitrogen and oxygen atoms in total. The maximum atomic E-state index is 12.8. The normalized spacial score (nSPS) is 21.3. The summed E-state index contributed by atoms with van der Waals surface area (Å²) in [5, 5.41) is 6.54. The molecule has 0 spiro atoms. The molecule has 2 atom stereocenters. The van der Waals surface area contributed by atoms with E-state index in [9.17, 15) is 4.79 Å². The molecule has 0 aromatic carbocycles. The van der Waals surface area contributed by atoms with Gasteiger partial charge in [-0.15, -0.1) is 11.3 Å². The highest BCUT2D eigenvalue weighted by Gasteiger charge is 2.28. The SMILES string of the molecule is C[C@H]1CN(C(=O)c2cc3nccc(-c4cccs4)n3n2)C[C@H](C)O1. The van der Waals surface area contributed by atoms with Crippen LogP contribution in [0.2, 0.25) is 0 Å². The lowest BCUT2D eigenvalue weighted by atomic mass is 10.2. The molecule has 1 fully saturated rings. The monoisotopic (exact) mass is 342 g/mol. The van der Waals surface area contributed by atoms with E-state index in [4.69, 9.17) is 4.74 Å². The van der Waals surface area contributed by atoms with Crippen molar-refractivity contribution >= 4 is 22.9 Å². The van der Waals surface area contributed by atoms with E-state index in [1.807, 2.05) is 42.3 Å². The summed E-state index contributed by atoms with van der Waals surface area (Å²) in [4.78, 5) is 20.1. The number of carbonyl (C=O) groups is 1. The van der Waals surface area contributed by atoms with Gasteiger partial charge in [0.25, 0.3) is 5.91 Å². The van der Waals surface area contributed by atoms with Crippen molar-refractivity contribution in [3.63, 3.8) is 0 Å². The standard InChI is InChI=1S/C17H18N4O2S/c1-11-9-20(10-12(2)23-11)17(22)13-8-16-18-6-5-14(21(16)19-13)15-4-3-7-24-15/h3-8,11-12H,9-10H2,1-2H3/t11-,12-/m0/s1. The molecule has 24 heavy (non-hydrogen) atoms. The first-order valence-electron chi connectivity index (χ1n) is 7.95. The third-order valence-corrected chi connectivity index (χ3v) is 4.95. The van der Waals surface area contributed by atoms with E-state index >= 15 is 0 Å². The van der Waals surface area contributed by atoms with Crippen LogP contribution in [0.25, 0.3) is 16.2 Å². The van der Waals surface area contributed by atoms with Gasteiger partial charge in [0.15, 0.2) is 11.3 Å². The molecule has 1 saturated heterocycles. The zero-order chi connectivity index (χ0) is 16.7. The number of fused-ring (bicyclic) bond motifs is 1. The average molecular weight is 342 g/mol. The Hall–Kier alpha value is -2.25. The van der Waals surface area contributed by atoms with Crippen LogP contribution < -0.4 is 0 Å². The van der Waals surface area contributed by atoms with Crippen molar-refractivity contribution in [1.29, 1.82) is 0 Å². The molecule has 0 unspecified atom stereocenters. The minimum absolute atomic E-state index is 0.0366. The predicted molar refractivity (Wildman–Crippen MR) is 92.2 cm³/mol.